The Morgan fingerprint density at radius 1 is 1.24 bits per heavy atom. The molecule has 1 fully saturated rings. The molecule has 0 radical (unpaired) electrons. The van der Waals surface area contributed by atoms with Crippen molar-refractivity contribution in [2.75, 3.05) is 49.6 Å². The number of halogens is 2. The van der Waals surface area contributed by atoms with Crippen molar-refractivity contribution in [2.45, 2.75) is 24.0 Å². The molecule has 1 atom stereocenters. The standard InChI is InChI=1S/C29H33ClFN5O4S2/c1-21-4-2-5-23(32-11-3-12-35-14-16-40-17-15-35)18-22(21)10-13-36(20-37)26-7-6-24(19-25(26)31)33-29(38)34-42(39)28-9-8-27(30)41-28/h4-10,13,18-20,32H,2-3,11-12,14-17H2,1H3,(H2,33,34,38)/b13-10-. The first-order chi connectivity index (χ1) is 20.3. The molecule has 3 N–H and O–H groups in total. The molecular weight excluding hydrogens is 601 g/mol. The number of urea groups is 1. The number of carbonyl (C=O) groups is 2. The molecule has 3 amide bonds. The van der Waals surface area contributed by atoms with Gasteiger partial charge in [-0.3, -0.25) is 19.3 Å². The number of amides is 3. The minimum absolute atomic E-state index is 0.0110. The lowest BCUT2D eigenvalue weighted by Crippen LogP contribution is -2.37. The maximum Gasteiger partial charge on any atom is 0.331 e. The molecule has 2 heterocycles. The number of hydrogen-bond donors (Lipinski definition) is 3. The number of hydrogen-bond acceptors (Lipinski definition) is 7. The molecule has 1 unspecified atom stereocenters. The third-order valence-corrected chi connectivity index (χ3v) is 9.14. The maximum absolute atomic E-state index is 15.0. The Morgan fingerprint density at radius 3 is 2.76 bits per heavy atom. The summed E-state index contributed by atoms with van der Waals surface area (Å²) in [5.74, 6) is -0.722. The van der Waals surface area contributed by atoms with Crippen LogP contribution >= 0.6 is 22.9 Å². The van der Waals surface area contributed by atoms with E-state index >= 15 is 4.39 Å². The van der Waals surface area contributed by atoms with Gasteiger partial charge in [0, 0.05) is 37.2 Å². The van der Waals surface area contributed by atoms with Crippen molar-refractivity contribution in [2.24, 2.45) is 0 Å². The summed E-state index contributed by atoms with van der Waals surface area (Å²) < 4.78 is 35.7. The van der Waals surface area contributed by atoms with Gasteiger partial charge in [-0.15, -0.1) is 11.3 Å². The normalized spacial score (nSPS) is 16.6. The van der Waals surface area contributed by atoms with Crippen LogP contribution in [0.1, 0.15) is 19.8 Å². The third-order valence-electron chi connectivity index (χ3n) is 6.54. The molecule has 2 aliphatic rings. The average molecular weight is 634 g/mol. The Morgan fingerprint density at radius 2 is 2.05 bits per heavy atom. The predicted octanol–water partition coefficient (Wildman–Crippen LogP) is 5.33. The highest BCUT2D eigenvalue weighted by Gasteiger charge is 2.15. The fourth-order valence-corrected chi connectivity index (χ4v) is 6.42. The van der Waals surface area contributed by atoms with Crippen molar-refractivity contribution in [1.82, 2.24) is 14.9 Å². The highest BCUT2D eigenvalue weighted by Crippen LogP contribution is 2.25. The molecular formula is C29H33ClFN5O4S2. The number of nitrogens with zero attached hydrogens (tertiary/aromatic N) is 2. The molecule has 224 valence electrons. The van der Waals surface area contributed by atoms with E-state index in [-0.39, 0.29) is 11.4 Å². The SMILES string of the molecule is CC1=CCC=C(NCCCN2CCOCC2)C=C1/C=C\N(C=O)c1ccc(NC(=O)NS(=O)c2ccc(Cl)s2)cc1F. The molecule has 1 aliphatic carbocycles. The number of rotatable bonds is 12. The molecule has 2 aromatic rings. The Bertz CT molecular complexity index is 1420. The van der Waals surface area contributed by atoms with Crippen molar-refractivity contribution < 1.29 is 22.9 Å². The fourth-order valence-electron chi connectivity index (χ4n) is 4.30. The van der Waals surface area contributed by atoms with Crippen LogP contribution in [0.5, 0.6) is 0 Å². The first-order valence-corrected chi connectivity index (χ1v) is 15.8. The summed E-state index contributed by atoms with van der Waals surface area (Å²) in [5, 5.41) is 5.93. The monoisotopic (exact) mass is 633 g/mol. The first-order valence-electron chi connectivity index (χ1n) is 13.4. The number of allylic oxidation sites excluding steroid dienone is 6. The zero-order valence-electron chi connectivity index (χ0n) is 23.1. The van der Waals surface area contributed by atoms with E-state index in [0.717, 1.165) is 91.4 Å². The Labute approximate surface area is 256 Å². The smallest absolute Gasteiger partial charge is 0.331 e. The molecule has 1 aromatic heterocycles. The van der Waals surface area contributed by atoms with E-state index in [0.29, 0.717) is 15.0 Å². The lowest BCUT2D eigenvalue weighted by Gasteiger charge is -2.26. The van der Waals surface area contributed by atoms with Gasteiger partial charge >= 0.3 is 6.03 Å². The van der Waals surface area contributed by atoms with E-state index in [9.17, 15) is 13.8 Å². The molecule has 1 aliphatic heterocycles. The molecule has 1 aromatic carbocycles. The summed E-state index contributed by atoms with van der Waals surface area (Å²) in [7, 11) is -1.81. The number of ether oxygens (including phenoxy) is 1. The Kier molecular flexibility index (Phi) is 11.9. The van der Waals surface area contributed by atoms with Crippen LogP contribution in [0.4, 0.5) is 20.6 Å². The highest BCUT2D eigenvalue weighted by molar-refractivity contribution is 7.86. The van der Waals surface area contributed by atoms with Crippen molar-refractivity contribution in [3.63, 3.8) is 0 Å². The molecule has 42 heavy (non-hydrogen) atoms. The quantitative estimate of drug-likeness (QED) is 0.216. The topological polar surface area (TPSA) is 103 Å². The zero-order valence-corrected chi connectivity index (χ0v) is 25.5. The summed E-state index contributed by atoms with van der Waals surface area (Å²) in [6, 6.07) is 6.26. The lowest BCUT2D eigenvalue weighted by molar-refractivity contribution is -0.107. The number of benzene rings is 1. The molecule has 0 spiro atoms. The van der Waals surface area contributed by atoms with E-state index in [1.165, 1.54) is 18.3 Å². The highest BCUT2D eigenvalue weighted by atomic mass is 35.5. The maximum atomic E-state index is 15.0. The minimum Gasteiger partial charge on any atom is -0.385 e. The Balaban J connectivity index is 1.34. The van der Waals surface area contributed by atoms with Crippen LogP contribution in [0.15, 0.2) is 81.9 Å². The average Bonchev–Trinajstić information content (AvgIpc) is 3.34. The van der Waals surface area contributed by atoms with Crippen LogP contribution in [-0.2, 0) is 20.5 Å². The molecule has 1 saturated heterocycles. The van der Waals surface area contributed by atoms with Gasteiger partial charge in [0.05, 0.1) is 23.2 Å². The zero-order chi connectivity index (χ0) is 29.9. The van der Waals surface area contributed by atoms with Gasteiger partial charge in [0.15, 0.2) is 11.0 Å². The number of anilines is 2. The van der Waals surface area contributed by atoms with Gasteiger partial charge in [-0.2, -0.15) is 0 Å². The van der Waals surface area contributed by atoms with Crippen LogP contribution < -0.4 is 20.3 Å². The molecule has 4 rings (SSSR count). The van der Waals surface area contributed by atoms with Crippen LogP contribution in [0.2, 0.25) is 4.34 Å². The van der Waals surface area contributed by atoms with Gasteiger partial charge in [0.1, 0.15) is 10.0 Å². The predicted molar refractivity (Wildman–Crippen MR) is 166 cm³/mol. The second kappa shape index (κ2) is 15.8. The van der Waals surface area contributed by atoms with Gasteiger partial charge in [0.2, 0.25) is 6.41 Å². The second-order valence-corrected chi connectivity index (χ2v) is 12.6. The van der Waals surface area contributed by atoms with Crippen LogP contribution in [0.3, 0.4) is 0 Å². The summed E-state index contributed by atoms with van der Waals surface area (Å²) >= 11 is 6.92. The molecule has 0 bridgehead atoms. The number of nitrogens with one attached hydrogen (secondary N) is 3. The lowest BCUT2D eigenvalue weighted by atomic mass is 10.1. The first kappa shape index (κ1) is 31.6. The third kappa shape index (κ3) is 9.36. The largest absolute Gasteiger partial charge is 0.385 e. The van der Waals surface area contributed by atoms with Gasteiger partial charge < -0.3 is 15.4 Å². The van der Waals surface area contributed by atoms with Crippen molar-refractivity contribution in [3.8, 4) is 0 Å². The van der Waals surface area contributed by atoms with Crippen molar-refractivity contribution in [1.29, 1.82) is 0 Å². The van der Waals surface area contributed by atoms with Gasteiger partial charge in [-0.05, 0) is 79.9 Å². The molecule has 0 saturated carbocycles. The van der Waals surface area contributed by atoms with E-state index in [1.54, 1.807) is 18.2 Å². The summed E-state index contributed by atoms with van der Waals surface area (Å²) in [6.45, 7) is 7.35. The van der Waals surface area contributed by atoms with Crippen LogP contribution in [0, 0.1) is 5.82 Å². The number of carbonyl (C=O) groups excluding carboxylic acids is 2. The van der Waals surface area contributed by atoms with E-state index in [4.69, 9.17) is 16.3 Å². The van der Waals surface area contributed by atoms with Gasteiger partial charge in [0.25, 0.3) is 0 Å². The minimum atomic E-state index is -1.81. The summed E-state index contributed by atoms with van der Waals surface area (Å²) in [5.41, 5.74) is 3.06. The number of thiophene rings is 1. The molecule has 13 heteroatoms. The summed E-state index contributed by atoms with van der Waals surface area (Å²) in [6.07, 6.45) is 11.8. The summed E-state index contributed by atoms with van der Waals surface area (Å²) in [4.78, 5) is 27.7. The second-order valence-electron chi connectivity index (χ2n) is 9.49. The van der Waals surface area contributed by atoms with Crippen molar-refractivity contribution in [3.05, 3.63) is 87.8 Å². The van der Waals surface area contributed by atoms with Crippen LogP contribution in [-0.4, -0.2) is 60.9 Å². The van der Waals surface area contributed by atoms with E-state index in [2.05, 4.69) is 32.4 Å². The molecule has 9 nitrogen and oxygen atoms in total. The van der Waals surface area contributed by atoms with Crippen molar-refractivity contribution >= 4 is 57.7 Å². The van der Waals surface area contributed by atoms with Crippen LogP contribution in [0.25, 0.3) is 0 Å². The van der Waals surface area contributed by atoms with Gasteiger partial charge in [-0.1, -0.05) is 23.8 Å². The number of morpholine rings is 1. The fraction of sp³-hybridized carbons (Fsp3) is 0.310. The van der Waals surface area contributed by atoms with E-state index in [1.807, 2.05) is 13.0 Å². The van der Waals surface area contributed by atoms with Gasteiger partial charge in [-0.25, -0.2) is 13.4 Å². The Hall–Kier alpha value is -3.29. The van der Waals surface area contributed by atoms with E-state index < -0.39 is 22.8 Å².